The third-order valence-corrected chi connectivity index (χ3v) is 4.76. The summed E-state index contributed by atoms with van der Waals surface area (Å²) >= 11 is 0. The number of ketones is 1. The topological polar surface area (TPSA) is 63.6 Å². The van der Waals surface area contributed by atoms with Crippen LogP contribution in [0.25, 0.3) is 33.2 Å². The normalized spacial score (nSPS) is 11.3. The van der Waals surface area contributed by atoms with Gasteiger partial charge in [-0.2, -0.15) is 0 Å². The number of hydrogen-bond acceptors (Lipinski definition) is 3. The average Bonchev–Trinajstić information content (AvgIpc) is 3.30. The van der Waals surface area contributed by atoms with Crippen molar-refractivity contribution >= 4 is 27.7 Å². The monoisotopic (exact) mass is 352 g/mol. The van der Waals surface area contributed by atoms with Crippen molar-refractivity contribution in [3.8, 4) is 11.3 Å². The summed E-state index contributed by atoms with van der Waals surface area (Å²) in [6, 6.07) is 25.5. The molecule has 5 nitrogen and oxygen atoms in total. The van der Waals surface area contributed by atoms with Crippen LogP contribution >= 0.6 is 0 Å². The smallest absolute Gasteiger partial charge is 0.187 e. The number of benzene rings is 3. The fourth-order valence-electron chi connectivity index (χ4n) is 3.50. The van der Waals surface area contributed by atoms with Gasteiger partial charge in [-0.15, -0.1) is 5.10 Å². The van der Waals surface area contributed by atoms with E-state index < -0.39 is 0 Å². The van der Waals surface area contributed by atoms with Gasteiger partial charge in [0, 0.05) is 10.9 Å². The van der Waals surface area contributed by atoms with Crippen molar-refractivity contribution < 1.29 is 4.79 Å². The summed E-state index contributed by atoms with van der Waals surface area (Å²) in [5.74, 6) is 0.00181. The lowest BCUT2D eigenvalue weighted by atomic mass is 10.0. The first-order valence-electron chi connectivity index (χ1n) is 8.79. The highest BCUT2D eigenvalue weighted by molar-refractivity contribution is 6.13. The molecule has 3 aromatic carbocycles. The Balaban J connectivity index is 1.64. The Bertz CT molecular complexity index is 1270. The minimum absolute atomic E-state index is 0.00181. The van der Waals surface area contributed by atoms with Gasteiger partial charge in [-0.05, 0) is 23.8 Å². The van der Waals surface area contributed by atoms with Gasteiger partial charge in [0.15, 0.2) is 5.78 Å². The number of aromatic nitrogens is 4. The van der Waals surface area contributed by atoms with Crippen LogP contribution in [0, 0.1) is 0 Å². The SMILES string of the molecule is O=C(Cn1nnc2ccccc21)c1c(-c2ccccc2)[nH]c2ccccc12. The summed E-state index contributed by atoms with van der Waals surface area (Å²) in [7, 11) is 0. The van der Waals surface area contributed by atoms with E-state index in [1.54, 1.807) is 4.68 Å². The molecule has 2 heterocycles. The molecule has 0 aliphatic heterocycles. The Kier molecular flexibility index (Phi) is 3.57. The molecule has 0 amide bonds. The summed E-state index contributed by atoms with van der Waals surface area (Å²) < 4.78 is 1.66. The summed E-state index contributed by atoms with van der Waals surface area (Å²) in [5.41, 5.74) is 5.10. The summed E-state index contributed by atoms with van der Waals surface area (Å²) in [6.45, 7) is 0.141. The van der Waals surface area contributed by atoms with Crippen molar-refractivity contribution in [3.05, 3.63) is 84.4 Å². The van der Waals surface area contributed by atoms with Gasteiger partial charge >= 0.3 is 0 Å². The van der Waals surface area contributed by atoms with Gasteiger partial charge in [-0.3, -0.25) is 4.79 Å². The number of fused-ring (bicyclic) bond motifs is 2. The highest BCUT2D eigenvalue weighted by Gasteiger charge is 2.20. The number of Topliss-reactive ketones (excluding diaryl/α,β-unsaturated/α-hetero) is 1. The molecule has 0 saturated heterocycles. The van der Waals surface area contributed by atoms with Crippen LogP contribution in [0.2, 0.25) is 0 Å². The Hall–Kier alpha value is -3.73. The van der Waals surface area contributed by atoms with Crippen molar-refractivity contribution in [2.75, 3.05) is 0 Å². The van der Waals surface area contributed by atoms with Crippen LogP contribution in [-0.4, -0.2) is 25.8 Å². The van der Waals surface area contributed by atoms with Gasteiger partial charge in [0.2, 0.25) is 0 Å². The third-order valence-electron chi connectivity index (χ3n) is 4.76. The fraction of sp³-hybridized carbons (Fsp3) is 0.0455. The summed E-state index contributed by atoms with van der Waals surface area (Å²) in [5, 5.41) is 9.23. The van der Waals surface area contributed by atoms with E-state index in [0.29, 0.717) is 5.56 Å². The van der Waals surface area contributed by atoms with E-state index in [2.05, 4.69) is 15.3 Å². The molecule has 27 heavy (non-hydrogen) atoms. The molecule has 5 aromatic rings. The van der Waals surface area contributed by atoms with Gasteiger partial charge in [-0.1, -0.05) is 65.9 Å². The van der Waals surface area contributed by atoms with E-state index in [1.807, 2.05) is 78.9 Å². The molecule has 1 N–H and O–H groups in total. The highest BCUT2D eigenvalue weighted by atomic mass is 16.1. The quantitative estimate of drug-likeness (QED) is 0.486. The van der Waals surface area contributed by atoms with Crippen LogP contribution in [-0.2, 0) is 6.54 Å². The van der Waals surface area contributed by atoms with Crippen LogP contribution in [0.1, 0.15) is 10.4 Å². The number of hydrogen-bond donors (Lipinski definition) is 1. The number of carbonyl (C=O) groups is 1. The van der Waals surface area contributed by atoms with Crippen molar-refractivity contribution in [2.45, 2.75) is 6.54 Å². The van der Waals surface area contributed by atoms with Crippen molar-refractivity contribution in [1.82, 2.24) is 20.0 Å². The zero-order chi connectivity index (χ0) is 18.2. The van der Waals surface area contributed by atoms with Gasteiger partial charge < -0.3 is 4.98 Å². The lowest BCUT2D eigenvalue weighted by molar-refractivity contribution is 0.0971. The van der Waals surface area contributed by atoms with E-state index in [0.717, 1.165) is 33.2 Å². The van der Waals surface area contributed by atoms with Gasteiger partial charge in [-0.25, -0.2) is 4.68 Å². The van der Waals surface area contributed by atoms with Crippen molar-refractivity contribution in [2.24, 2.45) is 0 Å². The number of aromatic amines is 1. The molecular formula is C22H16N4O. The number of carbonyl (C=O) groups excluding carboxylic acids is 1. The molecule has 5 heteroatoms. The zero-order valence-corrected chi connectivity index (χ0v) is 14.5. The van der Waals surface area contributed by atoms with Gasteiger partial charge in [0.1, 0.15) is 12.1 Å². The third kappa shape index (κ3) is 2.60. The minimum atomic E-state index is 0.00181. The highest BCUT2D eigenvalue weighted by Crippen LogP contribution is 2.31. The maximum Gasteiger partial charge on any atom is 0.187 e. The minimum Gasteiger partial charge on any atom is -0.354 e. The molecule has 0 bridgehead atoms. The number of para-hydroxylation sites is 2. The largest absolute Gasteiger partial charge is 0.354 e. The number of rotatable bonds is 4. The van der Waals surface area contributed by atoms with E-state index >= 15 is 0 Å². The number of nitrogens with one attached hydrogen (secondary N) is 1. The second-order valence-corrected chi connectivity index (χ2v) is 6.45. The molecule has 0 unspecified atom stereocenters. The molecule has 0 fully saturated rings. The molecule has 0 aliphatic rings. The fourth-order valence-corrected chi connectivity index (χ4v) is 3.50. The van der Waals surface area contributed by atoms with E-state index in [9.17, 15) is 4.79 Å². The van der Waals surface area contributed by atoms with Crippen LogP contribution in [0.4, 0.5) is 0 Å². The van der Waals surface area contributed by atoms with Crippen LogP contribution in [0.15, 0.2) is 78.9 Å². The number of nitrogens with zero attached hydrogens (tertiary/aromatic N) is 3. The molecule has 2 aromatic heterocycles. The van der Waals surface area contributed by atoms with Crippen molar-refractivity contribution in [3.63, 3.8) is 0 Å². The molecule has 5 rings (SSSR count). The first kappa shape index (κ1) is 15.5. The molecular weight excluding hydrogens is 336 g/mol. The zero-order valence-electron chi connectivity index (χ0n) is 14.5. The first-order chi connectivity index (χ1) is 13.3. The molecule has 0 radical (unpaired) electrons. The van der Waals surface area contributed by atoms with Gasteiger partial charge in [0.25, 0.3) is 0 Å². The van der Waals surface area contributed by atoms with Crippen LogP contribution in [0.3, 0.4) is 0 Å². The summed E-state index contributed by atoms with van der Waals surface area (Å²) in [6.07, 6.45) is 0. The Labute approximate surface area is 155 Å². The second kappa shape index (κ2) is 6.21. The predicted molar refractivity (Wildman–Crippen MR) is 106 cm³/mol. The predicted octanol–water partition coefficient (Wildman–Crippen LogP) is 4.46. The molecule has 130 valence electrons. The molecule has 0 aliphatic carbocycles. The molecule has 0 atom stereocenters. The van der Waals surface area contributed by atoms with E-state index in [1.165, 1.54) is 0 Å². The molecule has 0 spiro atoms. The van der Waals surface area contributed by atoms with Crippen molar-refractivity contribution in [1.29, 1.82) is 0 Å². The Morgan fingerprint density at radius 1 is 0.889 bits per heavy atom. The van der Waals surface area contributed by atoms with Crippen LogP contribution < -0.4 is 0 Å². The maximum absolute atomic E-state index is 13.3. The lowest BCUT2D eigenvalue weighted by Gasteiger charge is -2.06. The van der Waals surface area contributed by atoms with Crippen LogP contribution in [0.5, 0.6) is 0 Å². The molecule has 0 saturated carbocycles. The van der Waals surface area contributed by atoms with E-state index in [4.69, 9.17) is 0 Å². The second-order valence-electron chi connectivity index (χ2n) is 6.45. The standard InChI is InChI=1S/C22H16N4O/c27-20(14-26-19-13-7-6-12-18(19)24-25-26)21-16-10-4-5-11-17(16)23-22(21)15-8-2-1-3-9-15/h1-13,23H,14H2. The number of H-pyrrole nitrogens is 1. The Morgan fingerprint density at radius 3 is 2.52 bits per heavy atom. The summed E-state index contributed by atoms with van der Waals surface area (Å²) in [4.78, 5) is 16.7. The first-order valence-corrected chi connectivity index (χ1v) is 8.79. The average molecular weight is 352 g/mol. The Morgan fingerprint density at radius 2 is 1.63 bits per heavy atom. The lowest BCUT2D eigenvalue weighted by Crippen LogP contribution is -2.12. The van der Waals surface area contributed by atoms with E-state index in [-0.39, 0.29) is 12.3 Å². The van der Waals surface area contributed by atoms with Gasteiger partial charge in [0.05, 0.1) is 16.8 Å². The maximum atomic E-state index is 13.3.